The summed E-state index contributed by atoms with van der Waals surface area (Å²) < 4.78 is 4.94. The number of fused-ring (bicyclic) bond motifs is 1. The van der Waals surface area contributed by atoms with Gasteiger partial charge in [0.1, 0.15) is 0 Å². The van der Waals surface area contributed by atoms with Crippen molar-refractivity contribution < 1.29 is 19.4 Å². The van der Waals surface area contributed by atoms with E-state index in [0.29, 0.717) is 12.2 Å². The number of aliphatic hydroxyl groups is 1. The zero-order valence-electron chi connectivity index (χ0n) is 13.6. The first-order chi connectivity index (χ1) is 11.2. The molecule has 126 valence electrons. The van der Waals surface area contributed by atoms with Gasteiger partial charge < -0.3 is 15.2 Å². The van der Waals surface area contributed by atoms with Crippen molar-refractivity contribution in [2.75, 3.05) is 19.8 Å². The number of esters is 1. The molecule has 0 saturated heterocycles. The van der Waals surface area contributed by atoms with Gasteiger partial charge in [-0.3, -0.25) is 9.59 Å². The summed E-state index contributed by atoms with van der Waals surface area (Å²) in [5.74, 6) is -0.533. The van der Waals surface area contributed by atoms with Crippen LogP contribution in [-0.2, 0) is 22.4 Å². The number of ketones is 1. The van der Waals surface area contributed by atoms with E-state index >= 15 is 0 Å². The predicted octanol–water partition coefficient (Wildman–Crippen LogP) is 1.65. The summed E-state index contributed by atoms with van der Waals surface area (Å²) in [4.78, 5) is 24.4. The van der Waals surface area contributed by atoms with E-state index in [-0.39, 0.29) is 25.4 Å². The van der Waals surface area contributed by atoms with Gasteiger partial charge in [-0.1, -0.05) is 12.1 Å². The molecule has 2 rings (SSSR count). The number of nitrogens with one attached hydrogen (secondary N) is 1. The molecular weight excluding hydrogens is 294 g/mol. The molecule has 1 atom stereocenters. The van der Waals surface area contributed by atoms with Crippen molar-refractivity contribution >= 4 is 11.8 Å². The number of carbonyl (C=O) groups is 2. The van der Waals surface area contributed by atoms with Crippen LogP contribution in [0.25, 0.3) is 0 Å². The number of aryl methyl sites for hydroxylation is 2. The number of hydrogen-bond acceptors (Lipinski definition) is 5. The number of benzene rings is 1. The Morgan fingerprint density at radius 2 is 2.00 bits per heavy atom. The highest BCUT2D eigenvalue weighted by Gasteiger charge is 2.24. The van der Waals surface area contributed by atoms with Crippen LogP contribution in [0.3, 0.4) is 0 Å². The van der Waals surface area contributed by atoms with Crippen LogP contribution in [-0.4, -0.2) is 42.7 Å². The fourth-order valence-corrected chi connectivity index (χ4v) is 2.97. The second-order valence-electron chi connectivity index (χ2n) is 5.79. The van der Waals surface area contributed by atoms with Crippen LogP contribution in [0.5, 0.6) is 0 Å². The summed E-state index contributed by atoms with van der Waals surface area (Å²) in [5, 5.41) is 11.9. The molecule has 5 nitrogen and oxygen atoms in total. The molecule has 1 aromatic rings. The summed E-state index contributed by atoms with van der Waals surface area (Å²) in [5.41, 5.74) is 3.17. The summed E-state index contributed by atoms with van der Waals surface area (Å²) >= 11 is 0. The van der Waals surface area contributed by atoms with Crippen LogP contribution < -0.4 is 5.32 Å². The molecular formula is C18H25NO4. The predicted molar refractivity (Wildman–Crippen MR) is 87.5 cm³/mol. The Kier molecular flexibility index (Phi) is 6.74. The van der Waals surface area contributed by atoms with E-state index in [4.69, 9.17) is 9.84 Å². The molecule has 0 amide bonds. The lowest BCUT2D eigenvalue weighted by molar-refractivity contribution is -0.143. The zero-order valence-corrected chi connectivity index (χ0v) is 13.6. The lowest BCUT2D eigenvalue weighted by atomic mass is 9.88. The van der Waals surface area contributed by atoms with Crippen molar-refractivity contribution in [3.63, 3.8) is 0 Å². The molecule has 0 spiro atoms. The SMILES string of the molecule is CCOC(=O)CC(NCCO)C(=O)c1ccc2c(c1)CCCC2. The molecule has 1 aliphatic rings. The zero-order chi connectivity index (χ0) is 16.7. The maximum Gasteiger partial charge on any atom is 0.307 e. The molecule has 2 N–H and O–H groups in total. The van der Waals surface area contributed by atoms with E-state index in [1.54, 1.807) is 6.92 Å². The van der Waals surface area contributed by atoms with Crippen molar-refractivity contribution in [3.05, 3.63) is 34.9 Å². The molecule has 0 bridgehead atoms. The van der Waals surface area contributed by atoms with Crippen molar-refractivity contribution in [1.82, 2.24) is 5.32 Å². The van der Waals surface area contributed by atoms with Gasteiger partial charge in [-0.2, -0.15) is 0 Å². The van der Waals surface area contributed by atoms with Gasteiger partial charge in [0, 0.05) is 12.1 Å². The van der Waals surface area contributed by atoms with E-state index in [0.717, 1.165) is 19.3 Å². The first-order valence-electron chi connectivity index (χ1n) is 8.31. The van der Waals surface area contributed by atoms with Gasteiger partial charge in [-0.05, 0) is 49.8 Å². The third-order valence-corrected chi connectivity index (χ3v) is 4.13. The average molecular weight is 319 g/mol. The van der Waals surface area contributed by atoms with Crippen molar-refractivity contribution in [2.45, 2.75) is 45.1 Å². The fraction of sp³-hybridized carbons (Fsp3) is 0.556. The first-order valence-corrected chi connectivity index (χ1v) is 8.31. The van der Waals surface area contributed by atoms with Gasteiger partial charge in [0.15, 0.2) is 5.78 Å². The Morgan fingerprint density at radius 3 is 2.70 bits per heavy atom. The topological polar surface area (TPSA) is 75.6 Å². The summed E-state index contributed by atoms with van der Waals surface area (Å²) in [6.07, 6.45) is 4.40. The number of hydrogen-bond donors (Lipinski definition) is 2. The molecule has 1 aliphatic carbocycles. The van der Waals surface area contributed by atoms with Crippen LogP contribution in [0.15, 0.2) is 18.2 Å². The molecule has 1 unspecified atom stereocenters. The van der Waals surface area contributed by atoms with Gasteiger partial charge in [0.05, 0.1) is 25.7 Å². The minimum absolute atomic E-state index is 0.0240. The molecule has 0 saturated carbocycles. The van der Waals surface area contributed by atoms with Gasteiger partial charge in [-0.15, -0.1) is 0 Å². The quantitative estimate of drug-likeness (QED) is 0.563. The molecule has 23 heavy (non-hydrogen) atoms. The monoisotopic (exact) mass is 319 g/mol. The number of carbonyl (C=O) groups excluding carboxylic acids is 2. The Labute approximate surface area is 137 Å². The number of ether oxygens (including phenoxy) is 1. The molecule has 1 aromatic carbocycles. The van der Waals surface area contributed by atoms with Gasteiger partial charge in [0.2, 0.25) is 0 Å². The highest BCUT2D eigenvalue weighted by molar-refractivity contribution is 6.02. The normalized spacial score (nSPS) is 14.9. The van der Waals surface area contributed by atoms with E-state index in [9.17, 15) is 9.59 Å². The highest BCUT2D eigenvalue weighted by atomic mass is 16.5. The van der Waals surface area contributed by atoms with Gasteiger partial charge in [0.25, 0.3) is 0 Å². The number of Topliss-reactive ketones (excluding diaryl/α,β-unsaturated/α-hetero) is 1. The lowest BCUT2D eigenvalue weighted by Crippen LogP contribution is -2.40. The third kappa shape index (κ3) is 4.88. The van der Waals surface area contributed by atoms with Crippen molar-refractivity contribution in [1.29, 1.82) is 0 Å². The standard InChI is InChI=1S/C18H25NO4/c1-2-23-17(21)12-16(19-9-10-20)18(22)15-8-7-13-5-3-4-6-14(13)11-15/h7-8,11,16,19-20H,2-6,9-10,12H2,1H3. The number of rotatable bonds is 8. The summed E-state index contributed by atoms with van der Waals surface area (Å²) in [6, 6.07) is 5.15. The highest BCUT2D eigenvalue weighted by Crippen LogP contribution is 2.23. The Morgan fingerprint density at radius 1 is 1.26 bits per heavy atom. The smallest absolute Gasteiger partial charge is 0.307 e. The second kappa shape index (κ2) is 8.79. The van der Waals surface area contributed by atoms with Crippen LogP contribution in [0.2, 0.25) is 0 Å². The molecule has 5 heteroatoms. The van der Waals surface area contributed by atoms with Crippen LogP contribution in [0.1, 0.15) is 47.7 Å². The molecule has 0 fully saturated rings. The maximum absolute atomic E-state index is 12.7. The molecule has 0 aliphatic heterocycles. The summed E-state index contributed by atoms with van der Waals surface area (Å²) in [6.45, 7) is 2.20. The average Bonchev–Trinajstić information content (AvgIpc) is 2.57. The Bertz CT molecular complexity index is 556. The van der Waals surface area contributed by atoms with E-state index < -0.39 is 12.0 Å². The Balaban J connectivity index is 2.13. The summed E-state index contributed by atoms with van der Waals surface area (Å²) in [7, 11) is 0. The molecule has 0 heterocycles. The maximum atomic E-state index is 12.7. The van der Waals surface area contributed by atoms with Gasteiger partial charge >= 0.3 is 5.97 Å². The Hall–Kier alpha value is -1.72. The van der Waals surface area contributed by atoms with E-state index in [2.05, 4.69) is 5.32 Å². The van der Waals surface area contributed by atoms with Gasteiger partial charge in [-0.25, -0.2) is 0 Å². The van der Waals surface area contributed by atoms with Crippen molar-refractivity contribution in [2.24, 2.45) is 0 Å². The molecule has 0 aromatic heterocycles. The second-order valence-corrected chi connectivity index (χ2v) is 5.79. The van der Waals surface area contributed by atoms with Crippen molar-refractivity contribution in [3.8, 4) is 0 Å². The van der Waals surface area contributed by atoms with Crippen LogP contribution in [0.4, 0.5) is 0 Å². The fourth-order valence-electron chi connectivity index (χ4n) is 2.97. The van der Waals surface area contributed by atoms with Crippen LogP contribution >= 0.6 is 0 Å². The number of aliphatic hydroxyl groups excluding tert-OH is 1. The minimum Gasteiger partial charge on any atom is -0.466 e. The largest absolute Gasteiger partial charge is 0.466 e. The lowest BCUT2D eigenvalue weighted by Gasteiger charge is -2.19. The van der Waals surface area contributed by atoms with E-state index in [1.165, 1.54) is 17.5 Å². The first kappa shape index (κ1) is 17.6. The van der Waals surface area contributed by atoms with E-state index in [1.807, 2.05) is 18.2 Å². The minimum atomic E-state index is -0.664. The molecule has 0 radical (unpaired) electrons. The third-order valence-electron chi connectivity index (χ3n) is 4.13. The van der Waals surface area contributed by atoms with Crippen LogP contribution in [0, 0.1) is 0 Å².